The number of nitrogens with zero attached hydrogens (tertiary/aromatic N) is 1. The zero-order valence-corrected chi connectivity index (χ0v) is 22.6. The Balaban J connectivity index is 1.50. The molecule has 4 aromatic rings. The molecule has 0 unspecified atom stereocenters. The van der Waals surface area contributed by atoms with E-state index in [0.717, 1.165) is 57.5 Å². The van der Waals surface area contributed by atoms with Gasteiger partial charge in [-0.3, -0.25) is 9.59 Å². The van der Waals surface area contributed by atoms with Crippen LogP contribution in [0, 0.1) is 0 Å². The summed E-state index contributed by atoms with van der Waals surface area (Å²) in [7, 11) is 0. The molecule has 0 amide bonds. The first-order valence-electron chi connectivity index (χ1n) is 12.2. The van der Waals surface area contributed by atoms with Gasteiger partial charge in [0.05, 0.1) is 10.1 Å². The highest BCUT2D eigenvalue weighted by Gasteiger charge is 2.16. The number of halogens is 1. The van der Waals surface area contributed by atoms with Crippen LogP contribution in [0.2, 0.25) is 5.02 Å². The summed E-state index contributed by atoms with van der Waals surface area (Å²) in [6.07, 6.45) is 3.36. The highest BCUT2D eigenvalue weighted by Crippen LogP contribution is 2.42. The normalized spacial score (nSPS) is 11.5. The van der Waals surface area contributed by atoms with Gasteiger partial charge >= 0.3 is 11.9 Å². The Hall–Kier alpha value is -2.68. The molecule has 37 heavy (non-hydrogen) atoms. The van der Waals surface area contributed by atoms with Crippen LogP contribution in [0.15, 0.2) is 59.0 Å². The summed E-state index contributed by atoms with van der Waals surface area (Å²) in [5, 5.41) is 20.4. The molecule has 0 radical (unpaired) electrons. The van der Waals surface area contributed by atoms with E-state index in [1.165, 1.54) is 0 Å². The molecule has 2 aromatic carbocycles. The zero-order chi connectivity index (χ0) is 26.2. The van der Waals surface area contributed by atoms with Crippen LogP contribution in [-0.4, -0.2) is 38.6 Å². The Morgan fingerprint density at radius 3 is 2.19 bits per heavy atom. The SMILES string of the molecule is O=C(O)CCCCSC(SCCCCC(=O)O)c1ccc2oc(-c3ccc4ccc(Cl)cc4n3)cc2c1. The van der Waals surface area contributed by atoms with Crippen molar-refractivity contribution >= 4 is 68.9 Å². The van der Waals surface area contributed by atoms with Crippen molar-refractivity contribution in [1.29, 1.82) is 0 Å². The lowest BCUT2D eigenvalue weighted by Gasteiger charge is -2.17. The molecular formula is C28H28ClNO5S2. The smallest absolute Gasteiger partial charge is 0.303 e. The highest BCUT2D eigenvalue weighted by atomic mass is 35.5. The second kappa shape index (κ2) is 13.2. The van der Waals surface area contributed by atoms with Gasteiger partial charge in [-0.15, -0.1) is 23.5 Å². The van der Waals surface area contributed by atoms with Crippen LogP contribution in [0.4, 0.5) is 0 Å². The molecule has 0 spiro atoms. The Labute approximate surface area is 228 Å². The molecule has 0 bridgehead atoms. The topological polar surface area (TPSA) is 101 Å². The number of aliphatic carboxylic acids is 2. The van der Waals surface area contributed by atoms with Crippen LogP contribution in [0.3, 0.4) is 0 Å². The van der Waals surface area contributed by atoms with E-state index in [1.807, 2.05) is 42.5 Å². The van der Waals surface area contributed by atoms with Crippen LogP contribution in [0.1, 0.15) is 48.7 Å². The van der Waals surface area contributed by atoms with E-state index in [4.69, 9.17) is 31.2 Å². The number of carboxylic acids is 2. The lowest BCUT2D eigenvalue weighted by molar-refractivity contribution is -0.138. The van der Waals surface area contributed by atoms with Gasteiger partial charge in [0.1, 0.15) is 11.3 Å². The average Bonchev–Trinajstić information content (AvgIpc) is 3.30. The highest BCUT2D eigenvalue weighted by molar-refractivity contribution is 8.16. The fourth-order valence-electron chi connectivity index (χ4n) is 3.94. The largest absolute Gasteiger partial charge is 0.481 e. The van der Waals surface area contributed by atoms with Gasteiger partial charge in [0.15, 0.2) is 5.76 Å². The molecule has 0 aliphatic rings. The lowest BCUT2D eigenvalue weighted by atomic mass is 10.1. The van der Waals surface area contributed by atoms with Crippen LogP contribution in [-0.2, 0) is 9.59 Å². The van der Waals surface area contributed by atoms with Gasteiger partial charge in [-0.25, -0.2) is 4.98 Å². The Bertz CT molecular complexity index is 1370. The minimum absolute atomic E-state index is 0.165. The molecule has 194 valence electrons. The Morgan fingerprint density at radius 1 is 0.838 bits per heavy atom. The van der Waals surface area contributed by atoms with Crippen LogP contribution >= 0.6 is 35.1 Å². The third-order valence-electron chi connectivity index (χ3n) is 5.83. The third-order valence-corrected chi connectivity index (χ3v) is 9.08. The summed E-state index contributed by atoms with van der Waals surface area (Å²) in [6.45, 7) is 0. The van der Waals surface area contributed by atoms with Gasteiger partial charge in [0.2, 0.25) is 0 Å². The van der Waals surface area contributed by atoms with E-state index in [0.29, 0.717) is 23.6 Å². The first kappa shape index (κ1) is 27.4. The molecule has 0 fully saturated rings. The van der Waals surface area contributed by atoms with E-state index in [1.54, 1.807) is 23.5 Å². The number of fused-ring (bicyclic) bond motifs is 2. The third kappa shape index (κ3) is 7.90. The number of unbranched alkanes of at least 4 members (excludes halogenated alkanes) is 2. The molecule has 2 aromatic heterocycles. The predicted octanol–water partition coefficient (Wildman–Crippen LogP) is 8.28. The summed E-state index contributed by atoms with van der Waals surface area (Å²) < 4.78 is 6.28. The van der Waals surface area contributed by atoms with Gasteiger partial charge in [0.25, 0.3) is 0 Å². The van der Waals surface area contributed by atoms with Crippen molar-refractivity contribution in [2.75, 3.05) is 11.5 Å². The van der Waals surface area contributed by atoms with Gasteiger partial charge in [0, 0.05) is 28.6 Å². The van der Waals surface area contributed by atoms with Crippen molar-refractivity contribution in [3.05, 3.63) is 65.2 Å². The molecule has 0 saturated carbocycles. The minimum atomic E-state index is -0.764. The van der Waals surface area contributed by atoms with Crippen molar-refractivity contribution in [3.63, 3.8) is 0 Å². The average molecular weight is 558 g/mol. The number of thioether (sulfide) groups is 2. The number of carbonyl (C=O) groups is 2. The predicted molar refractivity (Wildman–Crippen MR) is 153 cm³/mol. The molecule has 2 heterocycles. The van der Waals surface area contributed by atoms with Crippen LogP contribution in [0.5, 0.6) is 0 Å². The summed E-state index contributed by atoms with van der Waals surface area (Å²) in [5.41, 5.74) is 3.49. The van der Waals surface area contributed by atoms with Gasteiger partial charge in [-0.05, 0) is 79.2 Å². The molecule has 2 N–H and O–H groups in total. The Kier molecular flexibility index (Phi) is 9.77. The summed E-state index contributed by atoms with van der Waals surface area (Å²) in [6, 6.07) is 17.8. The first-order chi connectivity index (χ1) is 17.9. The number of pyridine rings is 1. The number of benzene rings is 2. The molecule has 0 aliphatic heterocycles. The van der Waals surface area contributed by atoms with Crippen LogP contribution in [0.25, 0.3) is 33.3 Å². The first-order valence-corrected chi connectivity index (χ1v) is 14.6. The van der Waals surface area contributed by atoms with Crippen molar-refractivity contribution in [3.8, 4) is 11.5 Å². The molecule has 6 nitrogen and oxygen atoms in total. The number of furan rings is 1. The molecule has 0 aliphatic carbocycles. The fraction of sp³-hybridized carbons (Fsp3) is 0.321. The summed E-state index contributed by atoms with van der Waals surface area (Å²) >= 11 is 9.75. The van der Waals surface area contributed by atoms with E-state index < -0.39 is 11.9 Å². The van der Waals surface area contributed by atoms with Gasteiger partial charge < -0.3 is 14.6 Å². The number of carboxylic acid groups (broad SMARTS) is 2. The molecular weight excluding hydrogens is 530 g/mol. The van der Waals surface area contributed by atoms with E-state index in [-0.39, 0.29) is 17.4 Å². The maximum atomic E-state index is 10.8. The molecule has 0 atom stereocenters. The molecule has 0 saturated heterocycles. The monoisotopic (exact) mass is 557 g/mol. The summed E-state index contributed by atoms with van der Waals surface area (Å²) in [5.74, 6) is 0.878. The second-order valence-corrected chi connectivity index (χ2v) is 11.9. The zero-order valence-electron chi connectivity index (χ0n) is 20.2. The quantitative estimate of drug-likeness (QED) is 0.118. The van der Waals surface area contributed by atoms with Crippen molar-refractivity contribution in [2.45, 2.75) is 43.1 Å². The maximum Gasteiger partial charge on any atom is 0.303 e. The Morgan fingerprint density at radius 2 is 1.51 bits per heavy atom. The van der Waals surface area contributed by atoms with E-state index >= 15 is 0 Å². The second-order valence-electron chi connectivity index (χ2n) is 8.72. The molecule has 9 heteroatoms. The van der Waals surface area contributed by atoms with Crippen molar-refractivity contribution in [1.82, 2.24) is 4.98 Å². The molecule has 4 rings (SSSR count). The van der Waals surface area contributed by atoms with E-state index in [9.17, 15) is 9.59 Å². The van der Waals surface area contributed by atoms with E-state index in [2.05, 4.69) is 12.1 Å². The van der Waals surface area contributed by atoms with Crippen LogP contribution < -0.4 is 0 Å². The number of rotatable bonds is 14. The number of hydrogen-bond acceptors (Lipinski definition) is 6. The number of hydrogen-bond donors (Lipinski definition) is 2. The lowest BCUT2D eigenvalue weighted by Crippen LogP contribution is -1.97. The van der Waals surface area contributed by atoms with Gasteiger partial charge in [-0.1, -0.05) is 29.8 Å². The fourth-order valence-corrected chi connectivity index (χ4v) is 6.92. The number of aromatic nitrogens is 1. The van der Waals surface area contributed by atoms with Crippen molar-refractivity contribution < 1.29 is 24.2 Å². The van der Waals surface area contributed by atoms with Crippen molar-refractivity contribution in [2.24, 2.45) is 0 Å². The maximum absolute atomic E-state index is 10.8. The summed E-state index contributed by atoms with van der Waals surface area (Å²) in [4.78, 5) is 26.3. The minimum Gasteiger partial charge on any atom is -0.481 e. The standard InChI is InChI=1S/C28H28ClNO5S2/c29-21-10-7-18-8-11-22(30-23(18)17-21)25-16-20-15-19(9-12-24(20)35-25)28(36-13-3-1-5-26(31)32)37-14-4-2-6-27(33)34/h7-12,15-17,28H,1-6,13-14H2,(H,31,32)(H,33,34). The van der Waals surface area contributed by atoms with Gasteiger partial charge in [-0.2, -0.15) is 0 Å².